The molecular weight excluding hydrogens is 469 g/mol. The van der Waals surface area contributed by atoms with Crippen LogP contribution in [0.25, 0.3) is 6.08 Å². The lowest BCUT2D eigenvalue weighted by Crippen LogP contribution is -2.27. The number of amides is 1. The van der Waals surface area contributed by atoms with E-state index in [1.807, 2.05) is 30.3 Å². The number of carbonyl (C=O) groups is 1. The van der Waals surface area contributed by atoms with Gasteiger partial charge in [0.25, 0.3) is 5.91 Å². The minimum atomic E-state index is -0.340. The molecule has 0 N–H and O–H groups in total. The maximum Gasteiger partial charge on any atom is 0.270 e. The van der Waals surface area contributed by atoms with Crippen molar-refractivity contribution in [1.29, 1.82) is 0 Å². The van der Waals surface area contributed by atoms with Crippen molar-refractivity contribution in [3.05, 3.63) is 93.6 Å². The highest BCUT2D eigenvalue weighted by Crippen LogP contribution is 2.40. The van der Waals surface area contributed by atoms with Gasteiger partial charge in [0.15, 0.2) is 15.8 Å². The Morgan fingerprint density at radius 2 is 1.91 bits per heavy atom. The molecule has 0 bridgehead atoms. The number of hydrogen-bond acceptors (Lipinski definition) is 5. The number of thioether (sulfide) groups is 1. The summed E-state index contributed by atoms with van der Waals surface area (Å²) in [6.07, 6.45) is 1.72. The van der Waals surface area contributed by atoms with Gasteiger partial charge in [-0.1, -0.05) is 65.9 Å². The molecule has 0 aromatic heterocycles. The largest absolute Gasteiger partial charge is 0.493 e. The van der Waals surface area contributed by atoms with Gasteiger partial charge in [0.05, 0.1) is 22.7 Å². The summed E-state index contributed by atoms with van der Waals surface area (Å²) >= 11 is 13.1. The highest BCUT2D eigenvalue weighted by Gasteiger charge is 2.33. The third-order valence-electron chi connectivity index (χ3n) is 4.63. The van der Waals surface area contributed by atoms with Gasteiger partial charge in [0.1, 0.15) is 12.4 Å². The monoisotopic (exact) mass is 485 g/mol. The Bertz CT molecular complexity index is 1220. The molecule has 4 rings (SSSR count). The topological polar surface area (TPSA) is 38.8 Å². The summed E-state index contributed by atoms with van der Waals surface area (Å²) in [6, 6.07) is 18.8. The summed E-state index contributed by atoms with van der Waals surface area (Å²) in [4.78, 5) is 14.9. The first-order chi connectivity index (χ1) is 15.5. The Labute approximate surface area is 199 Å². The quantitative estimate of drug-likeness (QED) is 0.295. The number of nitrogens with zero attached hydrogens (tertiary/aromatic N) is 1. The SMILES string of the molecule is COc1cc(/C=C2/SC(=S)N(c3ccccc3)C2=O)cc(Cl)c1OCc1cccc(F)c1. The van der Waals surface area contributed by atoms with Gasteiger partial charge in [0.2, 0.25) is 0 Å². The molecule has 162 valence electrons. The van der Waals surface area contributed by atoms with Crippen LogP contribution in [0.3, 0.4) is 0 Å². The van der Waals surface area contributed by atoms with Gasteiger partial charge in [-0.3, -0.25) is 9.69 Å². The number of carbonyl (C=O) groups excluding carboxylic acids is 1. The lowest BCUT2D eigenvalue weighted by atomic mass is 10.1. The molecule has 0 radical (unpaired) electrons. The molecule has 4 nitrogen and oxygen atoms in total. The van der Waals surface area contributed by atoms with Crippen LogP contribution in [0.15, 0.2) is 71.6 Å². The second-order valence-corrected chi connectivity index (χ2v) is 8.89. The first-order valence-corrected chi connectivity index (χ1v) is 11.1. The summed E-state index contributed by atoms with van der Waals surface area (Å²) in [5.74, 6) is 0.200. The normalized spacial score (nSPS) is 14.8. The number of anilines is 1. The molecule has 0 atom stereocenters. The fourth-order valence-corrected chi connectivity index (χ4v) is 4.74. The van der Waals surface area contributed by atoms with E-state index in [0.29, 0.717) is 36.9 Å². The molecular formula is C24H17ClFNO3S2. The molecule has 1 fully saturated rings. The number of methoxy groups -OCH3 is 1. The van der Waals surface area contributed by atoms with Gasteiger partial charge < -0.3 is 9.47 Å². The van der Waals surface area contributed by atoms with Crippen molar-refractivity contribution in [3.8, 4) is 11.5 Å². The molecule has 1 aliphatic heterocycles. The van der Waals surface area contributed by atoms with Crippen LogP contribution < -0.4 is 14.4 Å². The Balaban J connectivity index is 1.58. The minimum Gasteiger partial charge on any atom is -0.493 e. The van der Waals surface area contributed by atoms with Crippen LogP contribution in [0.4, 0.5) is 10.1 Å². The number of ether oxygens (including phenoxy) is 2. The molecule has 3 aromatic carbocycles. The van der Waals surface area contributed by atoms with Gasteiger partial charge >= 0.3 is 0 Å². The fraction of sp³-hybridized carbons (Fsp3) is 0.0833. The maximum absolute atomic E-state index is 13.4. The van der Waals surface area contributed by atoms with Crippen LogP contribution in [0.1, 0.15) is 11.1 Å². The standard InChI is InChI=1S/C24H17ClFNO3S2/c1-29-20-12-16(11-19(25)22(20)30-14-15-6-5-7-17(26)10-15)13-21-23(28)27(24(31)32-21)18-8-3-2-4-9-18/h2-13H,14H2,1H3/b21-13+. The van der Waals surface area contributed by atoms with E-state index in [-0.39, 0.29) is 18.3 Å². The number of halogens is 2. The van der Waals surface area contributed by atoms with Crippen molar-refractivity contribution in [2.75, 3.05) is 12.0 Å². The Kier molecular flexibility index (Phi) is 6.79. The second-order valence-electron chi connectivity index (χ2n) is 6.81. The van der Waals surface area contributed by atoms with E-state index in [2.05, 4.69) is 0 Å². The molecule has 32 heavy (non-hydrogen) atoms. The lowest BCUT2D eigenvalue weighted by molar-refractivity contribution is -0.113. The summed E-state index contributed by atoms with van der Waals surface area (Å²) < 4.78 is 25.1. The summed E-state index contributed by atoms with van der Waals surface area (Å²) in [5, 5.41) is 0.311. The molecule has 0 aliphatic carbocycles. The van der Waals surface area contributed by atoms with E-state index < -0.39 is 0 Å². The Morgan fingerprint density at radius 1 is 1.12 bits per heavy atom. The molecule has 0 saturated carbocycles. The van der Waals surface area contributed by atoms with Gasteiger partial charge in [0, 0.05) is 0 Å². The maximum atomic E-state index is 13.4. The van der Waals surface area contributed by atoms with Crippen molar-refractivity contribution in [2.24, 2.45) is 0 Å². The summed E-state index contributed by atoms with van der Waals surface area (Å²) in [7, 11) is 1.50. The highest BCUT2D eigenvalue weighted by atomic mass is 35.5. The first-order valence-electron chi connectivity index (χ1n) is 9.54. The van der Waals surface area contributed by atoms with Crippen LogP contribution in [0, 0.1) is 5.82 Å². The smallest absolute Gasteiger partial charge is 0.270 e. The predicted octanol–water partition coefficient (Wildman–Crippen LogP) is 6.47. The van der Waals surface area contributed by atoms with E-state index in [1.165, 1.54) is 35.9 Å². The number of hydrogen-bond donors (Lipinski definition) is 0. The van der Waals surface area contributed by atoms with Crippen molar-refractivity contribution in [3.63, 3.8) is 0 Å². The second kappa shape index (κ2) is 9.73. The zero-order valence-electron chi connectivity index (χ0n) is 16.9. The number of thiocarbonyl (C=S) groups is 1. The van der Waals surface area contributed by atoms with Crippen LogP contribution >= 0.6 is 35.6 Å². The highest BCUT2D eigenvalue weighted by molar-refractivity contribution is 8.27. The Morgan fingerprint density at radius 3 is 2.62 bits per heavy atom. The predicted molar refractivity (Wildman–Crippen MR) is 131 cm³/mol. The summed E-state index contributed by atoms with van der Waals surface area (Å²) in [6.45, 7) is 0.128. The number of benzene rings is 3. The first kappa shape index (κ1) is 22.3. The number of rotatable bonds is 6. The third kappa shape index (κ3) is 4.80. The van der Waals surface area contributed by atoms with E-state index >= 15 is 0 Å². The molecule has 1 aliphatic rings. The minimum absolute atomic E-state index is 0.128. The average Bonchev–Trinajstić information content (AvgIpc) is 3.06. The zero-order chi connectivity index (χ0) is 22.7. The molecule has 3 aromatic rings. The molecule has 1 saturated heterocycles. The van der Waals surface area contributed by atoms with Crippen LogP contribution in [0.2, 0.25) is 5.02 Å². The van der Waals surface area contributed by atoms with Crippen molar-refractivity contribution < 1.29 is 18.7 Å². The molecule has 1 heterocycles. The average molecular weight is 486 g/mol. The molecule has 8 heteroatoms. The van der Waals surface area contributed by atoms with E-state index in [0.717, 1.165) is 5.69 Å². The fourth-order valence-electron chi connectivity index (χ4n) is 3.16. The van der Waals surface area contributed by atoms with Gasteiger partial charge in [-0.05, 0) is 53.6 Å². The van der Waals surface area contributed by atoms with Gasteiger partial charge in [-0.15, -0.1) is 0 Å². The van der Waals surface area contributed by atoms with Crippen molar-refractivity contribution in [2.45, 2.75) is 6.61 Å². The van der Waals surface area contributed by atoms with Crippen molar-refractivity contribution >= 4 is 57.6 Å². The van der Waals surface area contributed by atoms with E-state index in [9.17, 15) is 9.18 Å². The zero-order valence-corrected chi connectivity index (χ0v) is 19.3. The van der Waals surface area contributed by atoms with E-state index in [4.69, 9.17) is 33.3 Å². The van der Waals surface area contributed by atoms with E-state index in [1.54, 1.807) is 30.3 Å². The molecule has 0 unspecified atom stereocenters. The van der Waals surface area contributed by atoms with Crippen LogP contribution in [0.5, 0.6) is 11.5 Å². The van der Waals surface area contributed by atoms with Gasteiger partial charge in [-0.2, -0.15) is 0 Å². The van der Waals surface area contributed by atoms with Crippen molar-refractivity contribution in [1.82, 2.24) is 0 Å². The molecule has 0 spiro atoms. The third-order valence-corrected chi connectivity index (χ3v) is 6.21. The Hall–Kier alpha value is -2.87. The van der Waals surface area contributed by atoms with Gasteiger partial charge in [-0.25, -0.2) is 4.39 Å². The lowest BCUT2D eigenvalue weighted by Gasteiger charge is -2.14. The van der Waals surface area contributed by atoms with Crippen LogP contribution in [-0.2, 0) is 11.4 Å². The van der Waals surface area contributed by atoms with Crippen LogP contribution in [-0.4, -0.2) is 17.3 Å². The summed E-state index contributed by atoms with van der Waals surface area (Å²) in [5.41, 5.74) is 2.05. The molecule has 1 amide bonds. The number of para-hydroxylation sites is 1.